The summed E-state index contributed by atoms with van der Waals surface area (Å²) in [4.78, 5) is 32.0. The zero-order chi connectivity index (χ0) is 20.4. The predicted octanol–water partition coefficient (Wildman–Crippen LogP) is 2.12. The number of likely N-dealkylation sites (N-methyl/N-ethyl adjacent to an activating group) is 1. The molecule has 1 aromatic carbocycles. The first-order valence-corrected chi connectivity index (χ1v) is 11.2. The monoisotopic (exact) mass is 418 g/mol. The van der Waals surface area contributed by atoms with Gasteiger partial charge < -0.3 is 10.2 Å². The van der Waals surface area contributed by atoms with Gasteiger partial charge in [-0.3, -0.25) is 19.4 Å². The molecule has 3 atom stereocenters. The summed E-state index contributed by atoms with van der Waals surface area (Å²) in [6, 6.07) is 8.09. The summed E-state index contributed by atoms with van der Waals surface area (Å²) < 4.78 is 0. The molecule has 3 saturated heterocycles. The fourth-order valence-electron chi connectivity index (χ4n) is 5.11. The van der Waals surface area contributed by atoms with Crippen molar-refractivity contribution in [3.63, 3.8) is 0 Å². The van der Waals surface area contributed by atoms with Gasteiger partial charge in [0.15, 0.2) is 0 Å². The number of hydrogen-bond acceptors (Lipinski definition) is 4. The first kappa shape index (κ1) is 20.6. The fourth-order valence-corrected chi connectivity index (χ4v) is 5.32. The molecule has 0 spiro atoms. The Morgan fingerprint density at radius 3 is 2.79 bits per heavy atom. The number of carbonyl (C=O) groups excluding carboxylic acids is 2. The maximum Gasteiger partial charge on any atom is 0.239 e. The van der Waals surface area contributed by atoms with E-state index in [0.717, 1.165) is 62.4 Å². The molecule has 0 saturated carbocycles. The van der Waals surface area contributed by atoms with Gasteiger partial charge >= 0.3 is 0 Å². The number of rotatable bonds is 5. The van der Waals surface area contributed by atoms with Gasteiger partial charge in [-0.25, -0.2) is 0 Å². The number of nitrogens with one attached hydrogen (secondary N) is 1. The van der Waals surface area contributed by atoms with E-state index in [4.69, 9.17) is 11.6 Å². The van der Waals surface area contributed by atoms with E-state index in [-0.39, 0.29) is 29.9 Å². The number of fused-ring (bicyclic) bond motifs is 1. The molecule has 3 aliphatic rings. The third-order valence-electron chi connectivity index (χ3n) is 6.77. The molecule has 1 N–H and O–H groups in total. The van der Waals surface area contributed by atoms with Crippen molar-refractivity contribution in [2.75, 3.05) is 33.2 Å². The van der Waals surface area contributed by atoms with Gasteiger partial charge in [-0.2, -0.15) is 0 Å². The highest BCUT2D eigenvalue weighted by molar-refractivity contribution is 6.30. The summed E-state index contributed by atoms with van der Waals surface area (Å²) >= 11 is 6.14. The first-order chi connectivity index (χ1) is 14.0. The molecule has 4 rings (SSSR count). The maximum absolute atomic E-state index is 12.9. The third kappa shape index (κ3) is 4.60. The van der Waals surface area contributed by atoms with E-state index in [9.17, 15) is 9.59 Å². The zero-order valence-corrected chi connectivity index (χ0v) is 17.9. The summed E-state index contributed by atoms with van der Waals surface area (Å²) in [5.74, 6) is 0.367. The summed E-state index contributed by atoms with van der Waals surface area (Å²) in [5, 5.41) is 3.87. The van der Waals surface area contributed by atoms with Crippen LogP contribution in [0.3, 0.4) is 0 Å². The Bertz CT molecular complexity index is 752. The van der Waals surface area contributed by atoms with E-state index in [1.54, 1.807) is 0 Å². The topological polar surface area (TPSA) is 55.9 Å². The van der Waals surface area contributed by atoms with Crippen LogP contribution in [0.25, 0.3) is 0 Å². The Hall–Kier alpha value is -1.63. The van der Waals surface area contributed by atoms with Gasteiger partial charge in [-0.15, -0.1) is 0 Å². The molecule has 158 valence electrons. The van der Waals surface area contributed by atoms with Gasteiger partial charge in [0.2, 0.25) is 11.8 Å². The molecule has 29 heavy (non-hydrogen) atoms. The minimum absolute atomic E-state index is 0.106. The van der Waals surface area contributed by atoms with E-state index in [1.165, 1.54) is 0 Å². The van der Waals surface area contributed by atoms with E-state index in [0.29, 0.717) is 13.0 Å². The van der Waals surface area contributed by atoms with Crippen LogP contribution in [0.1, 0.15) is 37.7 Å². The van der Waals surface area contributed by atoms with Crippen LogP contribution in [-0.2, 0) is 16.1 Å². The van der Waals surface area contributed by atoms with Crippen LogP contribution in [-0.4, -0.2) is 77.9 Å². The Morgan fingerprint density at radius 1 is 1.24 bits per heavy atom. The molecule has 0 radical (unpaired) electrons. The zero-order valence-electron chi connectivity index (χ0n) is 17.1. The Morgan fingerprint density at radius 2 is 2.03 bits per heavy atom. The van der Waals surface area contributed by atoms with Crippen molar-refractivity contribution >= 4 is 23.4 Å². The van der Waals surface area contributed by atoms with Crippen molar-refractivity contribution in [2.24, 2.45) is 0 Å². The lowest BCUT2D eigenvalue weighted by molar-refractivity contribution is -0.130. The number of benzene rings is 1. The molecule has 6 nitrogen and oxygen atoms in total. The van der Waals surface area contributed by atoms with E-state index in [1.807, 2.05) is 23.1 Å². The van der Waals surface area contributed by atoms with Crippen molar-refractivity contribution in [3.8, 4) is 0 Å². The second-order valence-electron chi connectivity index (χ2n) is 8.59. The predicted molar refractivity (Wildman–Crippen MR) is 114 cm³/mol. The third-order valence-corrected chi connectivity index (χ3v) is 7.01. The van der Waals surface area contributed by atoms with E-state index >= 15 is 0 Å². The van der Waals surface area contributed by atoms with Gasteiger partial charge in [-0.05, 0) is 50.4 Å². The van der Waals surface area contributed by atoms with Crippen LogP contribution < -0.4 is 5.32 Å². The lowest BCUT2D eigenvalue weighted by Gasteiger charge is -2.33. The summed E-state index contributed by atoms with van der Waals surface area (Å²) in [6.45, 7) is 4.03. The van der Waals surface area contributed by atoms with Crippen LogP contribution in [0.5, 0.6) is 0 Å². The van der Waals surface area contributed by atoms with Crippen molar-refractivity contribution in [1.29, 1.82) is 0 Å². The minimum atomic E-state index is -0.154. The SMILES string of the molecule is CN1[C@@H](CCC(=O)N2CCCC2)CNC(=O)[C@@H]2[C@@H]1CCN2Cc1cccc(Cl)c1. The minimum Gasteiger partial charge on any atom is -0.353 e. The van der Waals surface area contributed by atoms with Crippen LogP contribution in [0, 0.1) is 0 Å². The molecular weight excluding hydrogens is 388 g/mol. The molecule has 3 fully saturated rings. The van der Waals surface area contributed by atoms with Crippen molar-refractivity contribution in [2.45, 2.75) is 56.8 Å². The highest BCUT2D eigenvalue weighted by Crippen LogP contribution is 2.29. The molecule has 7 heteroatoms. The average Bonchev–Trinajstić information content (AvgIpc) is 3.35. The lowest BCUT2D eigenvalue weighted by Crippen LogP contribution is -2.49. The first-order valence-electron chi connectivity index (χ1n) is 10.8. The van der Waals surface area contributed by atoms with E-state index < -0.39 is 0 Å². The van der Waals surface area contributed by atoms with Crippen molar-refractivity contribution in [3.05, 3.63) is 34.9 Å². The van der Waals surface area contributed by atoms with Gasteiger partial charge in [0.25, 0.3) is 0 Å². The number of halogens is 1. The van der Waals surface area contributed by atoms with Crippen LogP contribution in [0.4, 0.5) is 0 Å². The van der Waals surface area contributed by atoms with Crippen LogP contribution in [0.15, 0.2) is 24.3 Å². The normalized spacial score (nSPS) is 28.3. The summed E-state index contributed by atoms with van der Waals surface area (Å²) in [7, 11) is 2.12. The quantitative estimate of drug-likeness (QED) is 0.795. The van der Waals surface area contributed by atoms with Gasteiger partial charge in [0.05, 0.1) is 0 Å². The maximum atomic E-state index is 12.9. The standard InChI is InChI=1S/C22H31ClN4O2/c1-25-18(7-8-20(28)26-10-2-3-11-26)14-24-22(29)21-19(25)9-12-27(21)15-16-5-4-6-17(23)13-16/h4-6,13,18-19,21H,2-3,7-12,14-15H2,1H3,(H,24,29)/t18-,19-,21-/m0/s1. The van der Waals surface area contributed by atoms with Crippen LogP contribution >= 0.6 is 11.6 Å². The highest BCUT2D eigenvalue weighted by Gasteiger charge is 2.44. The second kappa shape index (κ2) is 9.02. The number of likely N-dealkylation sites (tertiary alicyclic amines) is 2. The Kier molecular flexibility index (Phi) is 6.42. The molecule has 0 bridgehead atoms. The Labute approximate surface area is 178 Å². The van der Waals surface area contributed by atoms with Gasteiger partial charge in [-0.1, -0.05) is 23.7 Å². The largest absolute Gasteiger partial charge is 0.353 e. The van der Waals surface area contributed by atoms with Gasteiger partial charge in [0, 0.05) is 56.3 Å². The number of amides is 2. The fraction of sp³-hybridized carbons (Fsp3) is 0.636. The van der Waals surface area contributed by atoms with Crippen LogP contribution in [0.2, 0.25) is 5.02 Å². The molecule has 0 unspecified atom stereocenters. The Balaban J connectivity index is 1.40. The van der Waals surface area contributed by atoms with E-state index in [2.05, 4.69) is 28.2 Å². The smallest absolute Gasteiger partial charge is 0.239 e. The molecule has 0 aromatic heterocycles. The second-order valence-corrected chi connectivity index (χ2v) is 9.03. The molecule has 3 aliphatic heterocycles. The van der Waals surface area contributed by atoms with Crippen molar-refractivity contribution in [1.82, 2.24) is 20.0 Å². The summed E-state index contributed by atoms with van der Waals surface area (Å²) in [6.07, 6.45) is 4.57. The molecule has 1 aromatic rings. The van der Waals surface area contributed by atoms with Crippen molar-refractivity contribution < 1.29 is 9.59 Å². The summed E-state index contributed by atoms with van der Waals surface area (Å²) in [5.41, 5.74) is 1.13. The number of carbonyl (C=O) groups is 2. The number of nitrogens with zero attached hydrogens (tertiary/aromatic N) is 3. The van der Waals surface area contributed by atoms with Gasteiger partial charge in [0.1, 0.15) is 6.04 Å². The number of hydrogen-bond donors (Lipinski definition) is 1. The average molecular weight is 419 g/mol. The highest BCUT2D eigenvalue weighted by atomic mass is 35.5. The lowest BCUT2D eigenvalue weighted by atomic mass is 10.0. The molecular formula is C22H31ClN4O2. The molecule has 0 aliphatic carbocycles. The molecule has 3 heterocycles. The molecule has 2 amide bonds.